The number of benzene rings is 1. The fraction of sp³-hybridized carbons (Fsp3) is 0.385. The Morgan fingerprint density at radius 2 is 2.24 bits per heavy atom. The summed E-state index contributed by atoms with van der Waals surface area (Å²) in [5, 5.41) is 10.6. The number of carboxylic acids is 1. The van der Waals surface area contributed by atoms with Gasteiger partial charge in [0.1, 0.15) is 0 Å². The molecule has 1 aromatic carbocycles. The van der Waals surface area contributed by atoms with Gasteiger partial charge in [-0.05, 0) is 24.3 Å². The summed E-state index contributed by atoms with van der Waals surface area (Å²) in [6.45, 7) is 0. The smallest absolute Gasteiger partial charge is 0.313 e. The number of hydrogen-bond acceptors (Lipinski definition) is 4. The average molecular weight is 363 g/mol. The molecule has 1 aliphatic rings. The van der Waals surface area contributed by atoms with Gasteiger partial charge in [-0.1, -0.05) is 35.0 Å². The van der Waals surface area contributed by atoms with Gasteiger partial charge in [-0.2, -0.15) is 11.8 Å². The van der Waals surface area contributed by atoms with Crippen molar-refractivity contribution in [3.8, 4) is 0 Å². The molecule has 1 N–H and O–H groups in total. The van der Waals surface area contributed by atoms with E-state index in [1.807, 2.05) is 17.8 Å². The molecule has 21 heavy (non-hydrogen) atoms. The zero-order valence-electron chi connectivity index (χ0n) is 10.9. The third-order valence-electron chi connectivity index (χ3n) is 3.29. The van der Waals surface area contributed by atoms with Gasteiger partial charge in [-0.3, -0.25) is 4.79 Å². The molecular weight excluding hydrogens is 351 g/mol. The van der Waals surface area contributed by atoms with Crippen molar-refractivity contribution in [1.29, 1.82) is 0 Å². The van der Waals surface area contributed by atoms with Crippen LogP contribution in [0.3, 0.4) is 0 Å². The molecular formula is C13H12Cl2N2O2S2. The molecule has 8 heteroatoms. The van der Waals surface area contributed by atoms with Crippen molar-refractivity contribution in [3.63, 3.8) is 0 Å². The molecule has 0 bridgehead atoms. The Morgan fingerprint density at radius 3 is 2.90 bits per heavy atom. The number of nitrogens with zero attached hydrogens (tertiary/aromatic N) is 2. The van der Waals surface area contributed by atoms with E-state index in [9.17, 15) is 4.79 Å². The van der Waals surface area contributed by atoms with Crippen molar-refractivity contribution >= 4 is 63.7 Å². The van der Waals surface area contributed by atoms with Crippen LogP contribution < -0.4 is 0 Å². The molecule has 112 valence electrons. The largest absolute Gasteiger partial charge is 0.481 e. The summed E-state index contributed by atoms with van der Waals surface area (Å²) in [5.41, 5.74) is 1.68. The minimum Gasteiger partial charge on any atom is -0.481 e. The SMILES string of the molecule is O=C(O)CSc1nc2cc(Cl)c(Cl)cc2n1C1CCSC1. The third kappa shape index (κ3) is 3.13. The predicted molar refractivity (Wildman–Crippen MR) is 89.1 cm³/mol. The van der Waals surface area contributed by atoms with Crippen LogP contribution in [0.25, 0.3) is 11.0 Å². The number of carbonyl (C=O) groups is 1. The van der Waals surface area contributed by atoms with Crippen LogP contribution >= 0.6 is 46.7 Å². The van der Waals surface area contributed by atoms with Gasteiger partial charge in [0.05, 0.1) is 26.8 Å². The van der Waals surface area contributed by atoms with Gasteiger partial charge in [0, 0.05) is 11.8 Å². The van der Waals surface area contributed by atoms with E-state index in [1.54, 1.807) is 6.07 Å². The molecule has 0 radical (unpaired) electrons. The number of carboxylic acid groups (broad SMARTS) is 1. The van der Waals surface area contributed by atoms with Gasteiger partial charge >= 0.3 is 5.97 Å². The molecule has 2 aromatic rings. The van der Waals surface area contributed by atoms with Crippen molar-refractivity contribution in [2.24, 2.45) is 0 Å². The Balaban J connectivity index is 2.10. The Bertz CT molecular complexity index is 699. The molecule has 3 rings (SSSR count). The Labute approximate surface area is 140 Å². The summed E-state index contributed by atoms with van der Waals surface area (Å²) >= 11 is 15.3. The van der Waals surface area contributed by atoms with Crippen molar-refractivity contribution in [2.75, 3.05) is 17.3 Å². The molecule has 1 aliphatic heterocycles. The van der Waals surface area contributed by atoms with Gasteiger partial charge in [-0.25, -0.2) is 4.98 Å². The van der Waals surface area contributed by atoms with E-state index in [0.717, 1.165) is 34.1 Å². The number of hydrogen-bond donors (Lipinski definition) is 1. The second-order valence-corrected chi connectivity index (χ2v) is 7.63. The average Bonchev–Trinajstić information content (AvgIpc) is 3.04. The summed E-state index contributed by atoms with van der Waals surface area (Å²) in [6.07, 6.45) is 1.05. The van der Waals surface area contributed by atoms with E-state index in [-0.39, 0.29) is 5.75 Å². The van der Waals surface area contributed by atoms with Gasteiger partial charge in [0.15, 0.2) is 5.16 Å². The van der Waals surface area contributed by atoms with Crippen molar-refractivity contribution in [2.45, 2.75) is 17.6 Å². The molecule has 0 saturated carbocycles. The van der Waals surface area contributed by atoms with Gasteiger partial charge < -0.3 is 9.67 Å². The maximum absolute atomic E-state index is 10.8. The lowest BCUT2D eigenvalue weighted by Crippen LogP contribution is -2.10. The van der Waals surface area contributed by atoms with Crippen LogP contribution in [0.4, 0.5) is 0 Å². The minimum atomic E-state index is -0.851. The standard InChI is InChI=1S/C13H12Cl2N2O2S2/c14-8-3-10-11(4-9(8)15)17(7-1-2-20-5-7)13(16-10)21-6-12(18)19/h3-4,7H,1-2,5-6H2,(H,18,19). The first-order valence-corrected chi connectivity index (χ1v) is 9.25. The second kappa shape index (κ2) is 6.28. The van der Waals surface area contributed by atoms with Crippen LogP contribution in [0.15, 0.2) is 17.3 Å². The molecule has 0 amide bonds. The van der Waals surface area contributed by atoms with E-state index in [1.165, 1.54) is 11.8 Å². The topological polar surface area (TPSA) is 55.1 Å². The normalized spacial score (nSPS) is 18.5. The third-order valence-corrected chi connectivity index (χ3v) is 6.10. The van der Waals surface area contributed by atoms with Gasteiger partial charge in [0.25, 0.3) is 0 Å². The number of imidazole rings is 1. The Morgan fingerprint density at radius 1 is 1.48 bits per heavy atom. The second-order valence-electron chi connectivity index (χ2n) is 4.72. The molecule has 1 fully saturated rings. The maximum Gasteiger partial charge on any atom is 0.313 e. The quantitative estimate of drug-likeness (QED) is 0.826. The van der Waals surface area contributed by atoms with Crippen LogP contribution in [0.5, 0.6) is 0 Å². The molecule has 1 saturated heterocycles. The highest BCUT2D eigenvalue weighted by atomic mass is 35.5. The van der Waals surface area contributed by atoms with Crippen molar-refractivity contribution in [3.05, 3.63) is 22.2 Å². The van der Waals surface area contributed by atoms with Crippen LogP contribution in [-0.4, -0.2) is 37.9 Å². The summed E-state index contributed by atoms with van der Waals surface area (Å²) < 4.78 is 2.12. The lowest BCUT2D eigenvalue weighted by Gasteiger charge is -2.15. The first-order valence-electron chi connectivity index (χ1n) is 6.35. The van der Waals surface area contributed by atoms with E-state index in [4.69, 9.17) is 28.3 Å². The summed E-state index contributed by atoms with van der Waals surface area (Å²) in [6, 6.07) is 3.89. The fourth-order valence-electron chi connectivity index (χ4n) is 2.37. The van der Waals surface area contributed by atoms with Gasteiger partial charge in [-0.15, -0.1) is 0 Å². The fourth-order valence-corrected chi connectivity index (χ4v) is 4.69. The maximum atomic E-state index is 10.8. The van der Waals surface area contributed by atoms with E-state index in [0.29, 0.717) is 16.1 Å². The lowest BCUT2D eigenvalue weighted by molar-refractivity contribution is -0.133. The van der Waals surface area contributed by atoms with E-state index in [2.05, 4.69) is 9.55 Å². The molecule has 0 aliphatic carbocycles. The monoisotopic (exact) mass is 362 g/mol. The summed E-state index contributed by atoms with van der Waals surface area (Å²) in [7, 11) is 0. The molecule has 1 atom stereocenters. The van der Waals surface area contributed by atoms with Crippen LogP contribution in [0.2, 0.25) is 10.0 Å². The highest BCUT2D eigenvalue weighted by molar-refractivity contribution is 8.00. The molecule has 0 spiro atoms. The van der Waals surface area contributed by atoms with E-state index >= 15 is 0 Å². The predicted octanol–water partition coefficient (Wildman–Crippen LogP) is 4.20. The van der Waals surface area contributed by atoms with E-state index < -0.39 is 5.97 Å². The first kappa shape index (κ1) is 15.3. The molecule has 1 aromatic heterocycles. The molecule has 4 nitrogen and oxygen atoms in total. The summed E-state index contributed by atoms with van der Waals surface area (Å²) in [4.78, 5) is 15.4. The lowest BCUT2D eigenvalue weighted by atomic mass is 10.2. The van der Waals surface area contributed by atoms with Crippen LogP contribution in [-0.2, 0) is 4.79 Å². The highest BCUT2D eigenvalue weighted by Gasteiger charge is 2.24. The molecule has 2 heterocycles. The first-order chi connectivity index (χ1) is 10.1. The molecule has 1 unspecified atom stereocenters. The number of thioether (sulfide) groups is 2. The zero-order valence-corrected chi connectivity index (χ0v) is 14.0. The Kier molecular flexibility index (Phi) is 4.59. The minimum absolute atomic E-state index is 0.00928. The van der Waals surface area contributed by atoms with Crippen molar-refractivity contribution < 1.29 is 9.90 Å². The van der Waals surface area contributed by atoms with Gasteiger partial charge in [0.2, 0.25) is 0 Å². The number of aliphatic carboxylic acids is 1. The van der Waals surface area contributed by atoms with Crippen LogP contribution in [0.1, 0.15) is 12.5 Å². The zero-order chi connectivity index (χ0) is 15.0. The summed E-state index contributed by atoms with van der Waals surface area (Å²) in [5.74, 6) is 1.25. The number of halogens is 2. The highest BCUT2D eigenvalue weighted by Crippen LogP contribution is 2.37. The van der Waals surface area contributed by atoms with Crippen molar-refractivity contribution in [1.82, 2.24) is 9.55 Å². The number of fused-ring (bicyclic) bond motifs is 1. The number of aromatic nitrogens is 2. The Hall–Kier alpha value is -0.560. The number of rotatable bonds is 4. The van der Waals surface area contributed by atoms with Crippen LogP contribution in [0, 0.1) is 0 Å².